The fourth-order valence-corrected chi connectivity index (χ4v) is 1.27. The summed E-state index contributed by atoms with van der Waals surface area (Å²) in [6.07, 6.45) is 1.68. The molecule has 0 radical (unpaired) electrons. The molecule has 0 spiro atoms. The molecule has 0 aromatic carbocycles. The summed E-state index contributed by atoms with van der Waals surface area (Å²) in [6, 6.07) is 3.61. The first-order valence-corrected chi connectivity index (χ1v) is 4.66. The molecule has 3 N–H and O–H groups in total. The number of rotatable bonds is 3. The lowest BCUT2D eigenvalue weighted by molar-refractivity contribution is 0.413. The Morgan fingerprint density at radius 1 is 1.77 bits per heavy atom. The van der Waals surface area contributed by atoms with Crippen LogP contribution in [0.25, 0.3) is 0 Å². The van der Waals surface area contributed by atoms with Crippen molar-refractivity contribution in [3.63, 3.8) is 0 Å². The summed E-state index contributed by atoms with van der Waals surface area (Å²) in [7, 11) is 1.61. The van der Waals surface area contributed by atoms with Crippen LogP contribution in [0.1, 0.15) is 5.69 Å². The third kappa shape index (κ3) is 3.33. The van der Waals surface area contributed by atoms with E-state index in [0.29, 0.717) is 5.75 Å². The number of nitrogens with one attached hydrogen (secondary N) is 1. The second-order valence-corrected chi connectivity index (χ2v) is 3.36. The van der Waals surface area contributed by atoms with Gasteiger partial charge >= 0.3 is 0 Å². The van der Waals surface area contributed by atoms with Gasteiger partial charge in [0, 0.05) is 18.0 Å². The first-order valence-electron chi connectivity index (χ1n) is 3.68. The lowest BCUT2D eigenvalue weighted by Gasteiger charge is -2.02. The third-order valence-electron chi connectivity index (χ3n) is 1.40. The Kier molecular flexibility index (Phi) is 3.57. The van der Waals surface area contributed by atoms with E-state index in [0.717, 1.165) is 11.4 Å². The molecule has 13 heavy (non-hydrogen) atoms. The number of amidine groups is 1. The molecule has 0 unspecified atom stereocenters. The van der Waals surface area contributed by atoms with Crippen molar-refractivity contribution >= 4 is 16.9 Å². The second kappa shape index (κ2) is 4.71. The number of aromatic nitrogens is 1. The number of hydrogen-bond donors (Lipinski definition) is 2. The summed E-state index contributed by atoms with van der Waals surface area (Å²) >= 11 is 1.25. The number of thioether (sulfide) groups is 1. The van der Waals surface area contributed by atoms with Crippen molar-refractivity contribution < 1.29 is 4.74 Å². The fourth-order valence-electron chi connectivity index (χ4n) is 0.814. The summed E-state index contributed by atoms with van der Waals surface area (Å²) in [5, 5.41) is 7.13. The molecule has 1 aromatic heterocycles. The minimum atomic E-state index is 0.101. The summed E-state index contributed by atoms with van der Waals surface area (Å²) < 4.78 is 5.03. The van der Waals surface area contributed by atoms with Crippen LogP contribution in [0.4, 0.5) is 0 Å². The smallest absolute Gasteiger partial charge is 0.151 e. The Hall–Kier alpha value is -1.23. The summed E-state index contributed by atoms with van der Waals surface area (Å²) in [4.78, 5) is 4.11. The third-order valence-corrected chi connectivity index (χ3v) is 2.15. The number of nitrogens with two attached hydrogens (primary N) is 1. The predicted molar refractivity (Wildman–Crippen MR) is 54.0 cm³/mol. The molecule has 4 nitrogen and oxygen atoms in total. The van der Waals surface area contributed by atoms with Gasteiger partial charge in [0.05, 0.1) is 12.8 Å². The van der Waals surface area contributed by atoms with Gasteiger partial charge in [-0.1, -0.05) is 11.8 Å². The van der Waals surface area contributed by atoms with Gasteiger partial charge in [0.2, 0.25) is 0 Å². The number of pyridine rings is 1. The van der Waals surface area contributed by atoms with Crippen LogP contribution in [-0.4, -0.2) is 17.3 Å². The van der Waals surface area contributed by atoms with E-state index in [1.54, 1.807) is 19.4 Å². The van der Waals surface area contributed by atoms with Gasteiger partial charge in [0.25, 0.3) is 0 Å². The molecule has 0 saturated heterocycles. The molecule has 0 bridgehead atoms. The van der Waals surface area contributed by atoms with Gasteiger partial charge in [-0.05, 0) is 6.07 Å². The van der Waals surface area contributed by atoms with Gasteiger partial charge in [-0.3, -0.25) is 10.4 Å². The average Bonchev–Trinajstić information content (AvgIpc) is 2.15. The van der Waals surface area contributed by atoms with E-state index in [1.807, 2.05) is 6.07 Å². The molecule has 1 heterocycles. The van der Waals surface area contributed by atoms with Crippen LogP contribution < -0.4 is 10.5 Å². The summed E-state index contributed by atoms with van der Waals surface area (Å²) in [5.74, 6) is 1.38. The molecule has 0 saturated carbocycles. The van der Waals surface area contributed by atoms with Crippen molar-refractivity contribution in [3.8, 4) is 5.75 Å². The van der Waals surface area contributed by atoms with Gasteiger partial charge in [0.15, 0.2) is 5.17 Å². The van der Waals surface area contributed by atoms with Crippen LogP contribution in [-0.2, 0) is 5.75 Å². The number of hydrogen-bond acceptors (Lipinski definition) is 4. The van der Waals surface area contributed by atoms with E-state index in [2.05, 4.69) is 4.98 Å². The molecule has 0 aliphatic carbocycles. The van der Waals surface area contributed by atoms with Crippen LogP contribution in [0, 0.1) is 5.41 Å². The minimum Gasteiger partial charge on any atom is -0.497 e. The topological polar surface area (TPSA) is 72.0 Å². The molecule has 1 rings (SSSR count). The quantitative estimate of drug-likeness (QED) is 0.564. The van der Waals surface area contributed by atoms with E-state index in [4.69, 9.17) is 15.9 Å². The fraction of sp³-hybridized carbons (Fsp3) is 0.250. The zero-order valence-corrected chi connectivity index (χ0v) is 8.10. The highest BCUT2D eigenvalue weighted by atomic mass is 32.2. The van der Waals surface area contributed by atoms with Gasteiger partial charge in [-0.15, -0.1) is 0 Å². The molecule has 5 heteroatoms. The summed E-state index contributed by atoms with van der Waals surface area (Å²) in [5.41, 5.74) is 6.06. The van der Waals surface area contributed by atoms with Crippen molar-refractivity contribution in [2.75, 3.05) is 7.11 Å². The van der Waals surface area contributed by atoms with E-state index in [1.165, 1.54) is 11.8 Å². The van der Waals surface area contributed by atoms with Crippen LogP contribution in [0.3, 0.4) is 0 Å². The number of ether oxygens (including phenoxy) is 1. The predicted octanol–water partition coefficient (Wildman–Crippen LogP) is 1.22. The SMILES string of the molecule is COc1ccnc(CSC(=N)N)c1. The Labute approximate surface area is 81.0 Å². The standard InChI is InChI=1S/C8H11N3OS/c1-12-7-2-3-11-6(4-7)5-13-8(9)10/h2-4H,5H2,1H3,(H3,9,10). The van der Waals surface area contributed by atoms with Gasteiger partial charge in [-0.2, -0.15) is 0 Å². The Bertz CT molecular complexity index is 303. The first-order chi connectivity index (χ1) is 6.22. The molecule has 0 fully saturated rings. The molecule has 70 valence electrons. The van der Waals surface area contributed by atoms with E-state index >= 15 is 0 Å². The number of methoxy groups -OCH3 is 1. The average molecular weight is 197 g/mol. The maximum Gasteiger partial charge on any atom is 0.151 e. The largest absolute Gasteiger partial charge is 0.497 e. The summed E-state index contributed by atoms with van der Waals surface area (Å²) in [6.45, 7) is 0. The van der Waals surface area contributed by atoms with Crippen LogP contribution in [0.15, 0.2) is 18.3 Å². The van der Waals surface area contributed by atoms with Gasteiger partial charge < -0.3 is 10.5 Å². The highest BCUT2D eigenvalue weighted by molar-refractivity contribution is 8.13. The van der Waals surface area contributed by atoms with Crippen molar-refractivity contribution in [1.82, 2.24) is 4.98 Å². The maximum absolute atomic E-state index is 7.02. The lowest BCUT2D eigenvalue weighted by Crippen LogP contribution is -2.04. The van der Waals surface area contributed by atoms with Crippen LogP contribution in [0.5, 0.6) is 5.75 Å². The molecule has 0 aliphatic heterocycles. The number of nitrogens with zero attached hydrogens (tertiary/aromatic N) is 1. The first kappa shape index (κ1) is 9.85. The maximum atomic E-state index is 7.02. The second-order valence-electron chi connectivity index (χ2n) is 2.34. The van der Waals surface area contributed by atoms with Crippen molar-refractivity contribution in [2.45, 2.75) is 5.75 Å². The van der Waals surface area contributed by atoms with E-state index in [-0.39, 0.29) is 5.17 Å². The highest BCUT2D eigenvalue weighted by Crippen LogP contribution is 2.14. The van der Waals surface area contributed by atoms with Gasteiger partial charge in [-0.25, -0.2) is 0 Å². The molecular formula is C8H11N3OS. The highest BCUT2D eigenvalue weighted by Gasteiger charge is 1.98. The van der Waals surface area contributed by atoms with Crippen molar-refractivity contribution in [3.05, 3.63) is 24.0 Å². The molecule has 1 aromatic rings. The van der Waals surface area contributed by atoms with Gasteiger partial charge in [0.1, 0.15) is 5.75 Å². The normalized spacial score (nSPS) is 9.62. The zero-order valence-electron chi connectivity index (χ0n) is 7.28. The van der Waals surface area contributed by atoms with Crippen molar-refractivity contribution in [1.29, 1.82) is 5.41 Å². The Morgan fingerprint density at radius 2 is 2.54 bits per heavy atom. The zero-order chi connectivity index (χ0) is 9.68. The lowest BCUT2D eigenvalue weighted by atomic mass is 10.3. The minimum absolute atomic E-state index is 0.101. The molecule has 0 amide bonds. The van der Waals surface area contributed by atoms with Crippen LogP contribution in [0.2, 0.25) is 0 Å². The van der Waals surface area contributed by atoms with E-state index in [9.17, 15) is 0 Å². The monoisotopic (exact) mass is 197 g/mol. The van der Waals surface area contributed by atoms with E-state index < -0.39 is 0 Å². The van der Waals surface area contributed by atoms with Crippen LogP contribution >= 0.6 is 11.8 Å². The molecule has 0 atom stereocenters. The molecule has 0 aliphatic rings. The van der Waals surface area contributed by atoms with Crippen molar-refractivity contribution in [2.24, 2.45) is 5.73 Å². The Morgan fingerprint density at radius 3 is 3.15 bits per heavy atom. The Balaban J connectivity index is 2.61. The molecular weight excluding hydrogens is 186 g/mol.